The van der Waals surface area contributed by atoms with E-state index in [2.05, 4.69) is 33.0 Å². The van der Waals surface area contributed by atoms with Gasteiger partial charge in [-0.1, -0.05) is 30.3 Å². The average molecular weight is 382 g/mol. The SMILES string of the molecule is CCn1cc(CN2CCN(C3=NC(=O)C(=Cc4ccccc4)S3)CC2)cn1. The van der Waals surface area contributed by atoms with Gasteiger partial charge in [-0.15, -0.1) is 0 Å². The van der Waals surface area contributed by atoms with Crippen molar-refractivity contribution < 1.29 is 4.79 Å². The maximum Gasteiger partial charge on any atom is 0.286 e. The number of nitrogens with zero attached hydrogens (tertiary/aromatic N) is 5. The molecule has 0 spiro atoms. The predicted octanol–water partition coefficient (Wildman–Crippen LogP) is 2.69. The Morgan fingerprint density at radius 1 is 1.15 bits per heavy atom. The van der Waals surface area contributed by atoms with Gasteiger partial charge in [0.05, 0.1) is 11.1 Å². The molecule has 1 aromatic heterocycles. The molecule has 6 nitrogen and oxygen atoms in total. The van der Waals surface area contributed by atoms with Gasteiger partial charge in [-0.3, -0.25) is 14.4 Å². The maximum absolute atomic E-state index is 12.2. The number of thioether (sulfide) groups is 1. The van der Waals surface area contributed by atoms with E-state index in [0.717, 1.165) is 50.0 Å². The van der Waals surface area contributed by atoms with Crippen LogP contribution in [0.2, 0.25) is 0 Å². The number of benzene rings is 1. The van der Waals surface area contributed by atoms with Crippen molar-refractivity contribution in [2.24, 2.45) is 4.99 Å². The van der Waals surface area contributed by atoms with Gasteiger partial charge in [-0.2, -0.15) is 10.1 Å². The van der Waals surface area contributed by atoms with Crippen LogP contribution in [0.25, 0.3) is 6.08 Å². The molecule has 0 N–H and O–H groups in total. The summed E-state index contributed by atoms with van der Waals surface area (Å²) in [5, 5.41) is 5.18. The van der Waals surface area contributed by atoms with E-state index >= 15 is 0 Å². The molecule has 27 heavy (non-hydrogen) atoms. The number of carbonyl (C=O) groups is 1. The zero-order valence-corrected chi connectivity index (χ0v) is 16.2. The summed E-state index contributed by atoms with van der Waals surface area (Å²) >= 11 is 1.49. The molecule has 0 saturated carbocycles. The highest BCUT2D eigenvalue weighted by Gasteiger charge is 2.28. The number of rotatable bonds is 4. The number of amides is 1. The molecule has 0 bridgehead atoms. The van der Waals surface area contributed by atoms with Crippen LogP contribution in [0.1, 0.15) is 18.1 Å². The average Bonchev–Trinajstić information content (AvgIpc) is 3.30. The minimum atomic E-state index is -0.131. The molecule has 1 fully saturated rings. The number of aliphatic imine (C=N–C) groups is 1. The first-order chi connectivity index (χ1) is 13.2. The lowest BCUT2D eigenvalue weighted by atomic mass is 10.2. The van der Waals surface area contributed by atoms with Crippen molar-refractivity contribution >= 4 is 28.9 Å². The Labute approximate surface area is 163 Å². The van der Waals surface area contributed by atoms with Crippen molar-refractivity contribution in [2.45, 2.75) is 20.0 Å². The molecule has 0 unspecified atom stereocenters. The summed E-state index contributed by atoms with van der Waals surface area (Å²) in [4.78, 5) is 21.9. The molecule has 0 radical (unpaired) electrons. The first kappa shape index (κ1) is 18.0. The van der Waals surface area contributed by atoms with Gasteiger partial charge in [0.25, 0.3) is 5.91 Å². The minimum Gasteiger partial charge on any atom is -0.348 e. The summed E-state index contributed by atoms with van der Waals surface area (Å²) in [6.07, 6.45) is 5.99. The Morgan fingerprint density at radius 2 is 1.93 bits per heavy atom. The molecule has 0 aliphatic carbocycles. The molecule has 7 heteroatoms. The van der Waals surface area contributed by atoms with Gasteiger partial charge in [0.15, 0.2) is 5.17 Å². The fraction of sp³-hybridized carbons (Fsp3) is 0.350. The summed E-state index contributed by atoms with van der Waals surface area (Å²) in [6.45, 7) is 7.62. The Bertz CT molecular complexity index is 866. The molecular formula is C20H23N5OS. The van der Waals surface area contributed by atoms with Crippen molar-refractivity contribution in [3.05, 3.63) is 58.8 Å². The Balaban J connectivity index is 1.33. The third kappa shape index (κ3) is 4.31. The normalized spacial score (nSPS) is 19.7. The molecule has 2 aromatic rings. The van der Waals surface area contributed by atoms with Gasteiger partial charge < -0.3 is 4.90 Å². The Hall–Kier alpha value is -2.38. The first-order valence-electron chi connectivity index (χ1n) is 9.27. The van der Waals surface area contributed by atoms with Crippen molar-refractivity contribution in [3.8, 4) is 0 Å². The number of hydrogen-bond acceptors (Lipinski definition) is 5. The zero-order valence-electron chi connectivity index (χ0n) is 15.4. The molecular weight excluding hydrogens is 358 g/mol. The van der Waals surface area contributed by atoms with Gasteiger partial charge in [-0.25, -0.2) is 0 Å². The van der Waals surface area contributed by atoms with E-state index in [0.29, 0.717) is 4.91 Å². The highest BCUT2D eigenvalue weighted by molar-refractivity contribution is 8.18. The van der Waals surface area contributed by atoms with Crippen molar-refractivity contribution in [3.63, 3.8) is 0 Å². The zero-order chi connectivity index (χ0) is 18.6. The van der Waals surface area contributed by atoms with Crippen LogP contribution in [0.5, 0.6) is 0 Å². The van der Waals surface area contributed by atoms with Crippen LogP contribution in [0, 0.1) is 0 Å². The highest BCUT2D eigenvalue weighted by Crippen LogP contribution is 2.30. The van der Waals surface area contributed by atoms with Crippen LogP contribution in [0.3, 0.4) is 0 Å². The van der Waals surface area contributed by atoms with Crippen molar-refractivity contribution in [1.82, 2.24) is 19.6 Å². The van der Waals surface area contributed by atoms with E-state index in [1.54, 1.807) is 0 Å². The molecule has 1 amide bonds. The van der Waals surface area contributed by atoms with Gasteiger partial charge >= 0.3 is 0 Å². The molecule has 2 aliphatic heterocycles. The lowest BCUT2D eigenvalue weighted by Crippen LogP contribution is -2.47. The number of piperazine rings is 1. The van der Waals surface area contributed by atoms with Crippen LogP contribution >= 0.6 is 11.8 Å². The Kier molecular flexibility index (Phi) is 5.40. The van der Waals surface area contributed by atoms with E-state index in [-0.39, 0.29) is 5.91 Å². The number of hydrogen-bond donors (Lipinski definition) is 0. The lowest BCUT2D eigenvalue weighted by molar-refractivity contribution is -0.113. The van der Waals surface area contributed by atoms with Gasteiger partial charge in [0, 0.05) is 51.0 Å². The third-order valence-electron chi connectivity index (χ3n) is 4.77. The summed E-state index contributed by atoms with van der Waals surface area (Å²) in [6, 6.07) is 9.92. The number of carbonyl (C=O) groups excluding carboxylic acids is 1. The topological polar surface area (TPSA) is 53.7 Å². The molecule has 3 heterocycles. The third-order valence-corrected chi connectivity index (χ3v) is 5.81. The second kappa shape index (κ2) is 8.10. The second-order valence-corrected chi connectivity index (χ2v) is 7.70. The summed E-state index contributed by atoms with van der Waals surface area (Å²) in [5.74, 6) is -0.131. The van der Waals surface area contributed by atoms with Crippen LogP contribution in [0.4, 0.5) is 0 Å². The number of aromatic nitrogens is 2. The maximum atomic E-state index is 12.2. The molecule has 1 saturated heterocycles. The van der Waals surface area contributed by atoms with Crippen LogP contribution in [0.15, 0.2) is 52.6 Å². The highest BCUT2D eigenvalue weighted by atomic mass is 32.2. The van der Waals surface area contributed by atoms with Crippen molar-refractivity contribution in [1.29, 1.82) is 0 Å². The van der Waals surface area contributed by atoms with Gasteiger partial charge in [0.1, 0.15) is 0 Å². The molecule has 1 aromatic carbocycles. The fourth-order valence-corrected chi connectivity index (χ4v) is 4.22. The van der Waals surface area contributed by atoms with E-state index < -0.39 is 0 Å². The summed E-state index contributed by atoms with van der Waals surface area (Å²) < 4.78 is 1.96. The van der Waals surface area contributed by atoms with Crippen LogP contribution in [-0.4, -0.2) is 56.8 Å². The second-order valence-electron chi connectivity index (χ2n) is 6.69. The van der Waals surface area contributed by atoms with E-state index in [1.807, 2.05) is 47.3 Å². The van der Waals surface area contributed by atoms with Gasteiger partial charge in [0.2, 0.25) is 0 Å². The predicted molar refractivity (Wildman–Crippen MR) is 109 cm³/mol. The van der Waals surface area contributed by atoms with E-state index in [9.17, 15) is 4.79 Å². The lowest BCUT2D eigenvalue weighted by Gasteiger charge is -2.35. The smallest absolute Gasteiger partial charge is 0.286 e. The summed E-state index contributed by atoms with van der Waals surface area (Å²) in [7, 11) is 0. The van der Waals surface area contributed by atoms with E-state index in [4.69, 9.17) is 0 Å². The number of amidine groups is 1. The standard InChI is InChI=1S/C20H23N5OS/c1-2-25-15-17(13-21-25)14-23-8-10-24(11-9-23)20-22-19(26)18(27-20)12-16-6-4-3-5-7-16/h3-7,12-13,15H,2,8-11,14H2,1H3. The largest absolute Gasteiger partial charge is 0.348 e. The molecule has 2 aliphatic rings. The van der Waals surface area contributed by atoms with E-state index in [1.165, 1.54) is 17.3 Å². The quantitative estimate of drug-likeness (QED) is 0.762. The minimum absolute atomic E-state index is 0.131. The van der Waals surface area contributed by atoms with Gasteiger partial charge in [-0.05, 0) is 30.3 Å². The van der Waals surface area contributed by atoms with Crippen molar-refractivity contribution in [2.75, 3.05) is 26.2 Å². The first-order valence-corrected chi connectivity index (χ1v) is 10.1. The molecule has 4 rings (SSSR count). The van der Waals surface area contributed by atoms with Crippen LogP contribution < -0.4 is 0 Å². The Morgan fingerprint density at radius 3 is 2.63 bits per heavy atom. The number of aryl methyl sites for hydroxylation is 1. The summed E-state index contributed by atoms with van der Waals surface area (Å²) in [5.41, 5.74) is 2.28. The molecule has 140 valence electrons. The van der Waals surface area contributed by atoms with Crippen LogP contribution in [-0.2, 0) is 17.9 Å². The molecule has 0 atom stereocenters. The monoisotopic (exact) mass is 381 g/mol. The fourth-order valence-electron chi connectivity index (χ4n) is 3.25.